The smallest absolute Gasteiger partial charge is 0.338 e. The number of ether oxygens (including phenoxy) is 3. The van der Waals surface area contributed by atoms with Crippen LogP contribution >= 0.6 is 0 Å². The third kappa shape index (κ3) is 8.73. The molecule has 0 aliphatic heterocycles. The van der Waals surface area contributed by atoms with Gasteiger partial charge in [-0.2, -0.15) is 0 Å². The van der Waals surface area contributed by atoms with E-state index >= 15 is 0 Å². The van der Waals surface area contributed by atoms with Gasteiger partial charge in [-0.15, -0.1) is 0 Å². The average Bonchev–Trinajstić information content (AvgIpc) is 2.77. The topological polar surface area (TPSA) is 78.9 Å². The molecule has 0 aromatic heterocycles. The summed E-state index contributed by atoms with van der Waals surface area (Å²) in [5, 5.41) is 0. The minimum atomic E-state index is -0.439. The van der Waals surface area contributed by atoms with Gasteiger partial charge < -0.3 is 14.2 Å². The summed E-state index contributed by atoms with van der Waals surface area (Å²) in [7, 11) is 0. The third-order valence-electron chi connectivity index (χ3n) is 4.13. The fourth-order valence-corrected chi connectivity index (χ4v) is 2.56. The fourth-order valence-electron chi connectivity index (χ4n) is 2.56. The first-order valence-corrected chi connectivity index (χ1v) is 9.82. The maximum Gasteiger partial charge on any atom is 0.338 e. The molecule has 158 valence electrons. The van der Waals surface area contributed by atoms with Crippen molar-refractivity contribution in [3.8, 4) is 0 Å². The maximum absolute atomic E-state index is 12.2. The lowest BCUT2D eigenvalue weighted by molar-refractivity contribution is -0.141. The van der Waals surface area contributed by atoms with Crippen molar-refractivity contribution in [3.05, 3.63) is 83.4 Å². The van der Waals surface area contributed by atoms with Gasteiger partial charge in [0, 0.05) is 12.5 Å². The Labute approximate surface area is 176 Å². The Morgan fingerprint density at radius 1 is 0.733 bits per heavy atom. The van der Waals surface area contributed by atoms with Gasteiger partial charge in [-0.25, -0.2) is 9.59 Å². The molecule has 0 spiro atoms. The summed E-state index contributed by atoms with van der Waals surface area (Å²) >= 11 is 0. The van der Waals surface area contributed by atoms with E-state index in [-0.39, 0.29) is 19.2 Å². The van der Waals surface area contributed by atoms with Gasteiger partial charge in [-0.1, -0.05) is 42.5 Å². The van der Waals surface area contributed by atoms with Crippen molar-refractivity contribution in [2.45, 2.75) is 26.2 Å². The number of rotatable bonds is 11. The molecule has 0 aliphatic rings. The van der Waals surface area contributed by atoms with Gasteiger partial charge in [0.1, 0.15) is 13.2 Å². The van der Waals surface area contributed by atoms with Gasteiger partial charge in [0.15, 0.2) is 0 Å². The van der Waals surface area contributed by atoms with Crippen molar-refractivity contribution in [1.82, 2.24) is 0 Å². The Morgan fingerprint density at radius 3 is 1.70 bits per heavy atom. The molecule has 2 rings (SSSR count). The van der Waals surface area contributed by atoms with Crippen molar-refractivity contribution < 1.29 is 28.6 Å². The molecule has 6 heteroatoms. The predicted molar refractivity (Wildman–Crippen MR) is 112 cm³/mol. The number of allylic oxidation sites excluding steroid dienone is 1. The van der Waals surface area contributed by atoms with Crippen LogP contribution in [0.4, 0.5) is 0 Å². The largest absolute Gasteiger partial charge is 0.466 e. The van der Waals surface area contributed by atoms with Crippen LogP contribution in [0.2, 0.25) is 0 Å². The van der Waals surface area contributed by atoms with Gasteiger partial charge in [-0.05, 0) is 43.5 Å². The molecule has 0 saturated carbocycles. The monoisotopic (exact) mass is 410 g/mol. The molecule has 2 aromatic carbocycles. The van der Waals surface area contributed by atoms with E-state index in [1.807, 2.05) is 18.2 Å². The van der Waals surface area contributed by atoms with Crippen molar-refractivity contribution >= 4 is 17.9 Å². The van der Waals surface area contributed by atoms with Crippen LogP contribution in [0.15, 0.2) is 72.3 Å². The lowest BCUT2D eigenvalue weighted by atomic mass is 10.1. The number of hydrogen-bond donors (Lipinski definition) is 0. The summed E-state index contributed by atoms with van der Waals surface area (Å²) < 4.78 is 15.6. The van der Waals surface area contributed by atoms with Gasteiger partial charge in [0.2, 0.25) is 0 Å². The van der Waals surface area contributed by atoms with Crippen molar-refractivity contribution in [2.24, 2.45) is 0 Å². The standard InChI is InChI=1S/C24H26O6/c1-19(25)28-16-10-4-5-11-20(17-29-23(26)21-12-6-2-7-13-21)18-30-24(27)22-14-8-3-9-15-22/h2-3,6-9,11-15H,4-5,10,16-18H2,1H3. The highest BCUT2D eigenvalue weighted by Crippen LogP contribution is 2.09. The fraction of sp³-hybridized carbons (Fsp3) is 0.292. The normalized spacial score (nSPS) is 10.0. The predicted octanol–water partition coefficient (Wildman–Crippen LogP) is 4.36. The molecule has 0 atom stereocenters. The maximum atomic E-state index is 12.2. The highest BCUT2D eigenvalue weighted by atomic mass is 16.5. The highest BCUT2D eigenvalue weighted by molar-refractivity contribution is 5.90. The van der Waals surface area contributed by atoms with Crippen LogP contribution in [0, 0.1) is 0 Å². The molecule has 0 fully saturated rings. The SMILES string of the molecule is CC(=O)OCCCCC=C(COC(=O)c1ccccc1)COC(=O)c1ccccc1. The Hall–Kier alpha value is -3.41. The van der Waals surface area contributed by atoms with E-state index < -0.39 is 11.9 Å². The molecule has 0 N–H and O–H groups in total. The molecule has 0 unspecified atom stereocenters. The number of unbranched alkanes of at least 4 members (excludes halogenated alkanes) is 2. The van der Waals surface area contributed by atoms with Crippen molar-refractivity contribution in [1.29, 1.82) is 0 Å². The second kappa shape index (κ2) is 12.9. The molecule has 2 aromatic rings. The van der Waals surface area contributed by atoms with E-state index in [9.17, 15) is 14.4 Å². The summed E-state index contributed by atoms with van der Waals surface area (Å²) in [6, 6.07) is 17.4. The second-order valence-electron chi connectivity index (χ2n) is 6.58. The zero-order valence-electron chi connectivity index (χ0n) is 17.0. The van der Waals surface area contributed by atoms with Crippen LogP contribution in [0.25, 0.3) is 0 Å². The molecule has 0 heterocycles. The van der Waals surface area contributed by atoms with E-state index in [0.717, 1.165) is 12.8 Å². The first-order valence-electron chi connectivity index (χ1n) is 9.82. The Kier molecular flexibility index (Phi) is 9.86. The lowest BCUT2D eigenvalue weighted by Gasteiger charge is -2.11. The molecule has 0 aliphatic carbocycles. The van der Waals surface area contributed by atoms with Crippen molar-refractivity contribution in [3.63, 3.8) is 0 Å². The summed E-state index contributed by atoms with van der Waals surface area (Å²) in [5.74, 6) is -1.18. The molecule has 6 nitrogen and oxygen atoms in total. The van der Waals surface area contributed by atoms with Gasteiger partial charge in [-0.3, -0.25) is 4.79 Å². The van der Waals surface area contributed by atoms with E-state index in [0.29, 0.717) is 29.7 Å². The lowest BCUT2D eigenvalue weighted by Crippen LogP contribution is -2.14. The molecule has 0 bridgehead atoms. The summed E-state index contributed by atoms with van der Waals surface area (Å²) in [6.45, 7) is 1.80. The molecule has 0 amide bonds. The quantitative estimate of drug-likeness (QED) is 0.237. The van der Waals surface area contributed by atoms with Crippen LogP contribution in [-0.4, -0.2) is 37.7 Å². The minimum absolute atomic E-state index is 0.0275. The number of benzene rings is 2. The van der Waals surface area contributed by atoms with Crippen LogP contribution in [-0.2, 0) is 19.0 Å². The third-order valence-corrected chi connectivity index (χ3v) is 4.13. The first-order chi connectivity index (χ1) is 14.6. The molecular formula is C24H26O6. The Balaban J connectivity index is 1.89. The number of carbonyl (C=O) groups is 3. The zero-order valence-corrected chi connectivity index (χ0v) is 17.0. The van der Waals surface area contributed by atoms with Crippen LogP contribution in [0.1, 0.15) is 46.9 Å². The van der Waals surface area contributed by atoms with Gasteiger partial charge in [0.05, 0.1) is 17.7 Å². The van der Waals surface area contributed by atoms with Crippen LogP contribution < -0.4 is 0 Å². The highest BCUT2D eigenvalue weighted by Gasteiger charge is 2.11. The number of hydrogen-bond acceptors (Lipinski definition) is 6. The average molecular weight is 410 g/mol. The molecular weight excluding hydrogens is 384 g/mol. The minimum Gasteiger partial charge on any atom is -0.466 e. The van der Waals surface area contributed by atoms with E-state index in [2.05, 4.69) is 0 Å². The zero-order chi connectivity index (χ0) is 21.6. The number of carbonyl (C=O) groups excluding carboxylic acids is 3. The summed E-state index contributed by atoms with van der Waals surface area (Å²) in [5.41, 5.74) is 1.61. The summed E-state index contributed by atoms with van der Waals surface area (Å²) in [4.78, 5) is 35.1. The molecule has 0 radical (unpaired) electrons. The molecule has 0 saturated heterocycles. The van der Waals surface area contributed by atoms with Crippen LogP contribution in [0.5, 0.6) is 0 Å². The Morgan fingerprint density at radius 2 is 1.23 bits per heavy atom. The number of esters is 3. The first kappa shape index (κ1) is 22.9. The van der Waals surface area contributed by atoms with Gasteiger partial charge in [0.25, 0.3) is 0 Å². The van der Waals surface area contributed by atoms with E-state index in [4.69, 9.17) is 14.2 Å². The molecule has 30 heavy (non-hydrogen) atoms. The Bertz CT molecular complexity index is 785. The summed E-state index contributed by atoms with van der Waals surface area (Å²) in [6.07, 6.45) is 4.08. The van der Waals surface area contributed by atoms with E-state index in [1.54, 1.807) is 48.5 Å². The second-order valence-corrected chi connectivity index (χ2v) is 6.58. The van der Waals surface area contributed by atoms with Crippen LogP contribution in [0.3, 0.4) is 0 Å². The van der Waals surface area contributed by atoms with Gasteiger partial charge >= 0.3 is 17.9 Å². The van der Waals surface area contributed by atoms with E-state index in [1.165, 1.54) is 6.92 Å². The van der Waals surface area contributed by atoms with Crippen molar-refractivity contribution in [2.75, 3.05) is 19.8 Å².